The standard InChI is InChI=1S/C10H14N4/c1-3-10(2,11)8-5-7-14-9(13-8)4-6-12-14/h4-7H,3,11H2,1-2H3. The van der Waals surface area contributed by atoms with Crippen LogP contribution in [0.5, 0.6) is 0 Å². The third-order valence-electron chi connectivity index (χ3n) is 2.58. The topological polar surface area (TPSA) is 56.2 Å². The summed E-state index contributed by atoms with van der Waals surface area (Å²) in [5, 5.41) is 4.08. The Labute approximate surface area is 82.8 Å². The van der Waals surface area contributed by atoms with E-state index < -0.39 is 0 Å². The lowest BCUT2D eigenvalue weighted by atomic mass is 9.96. The van der Waals surface area contributed by atoms with Crippen LogP contribution in [0.4, 0.5) is 0 Å². The molecule has 0 saturated heterocycles. The van der Waals surface area contributed by atoms with Crippen molar-refractivity contribution in [3.8, 4) is 0 Å². The molecule has 0 fully saturated rings. The van der Waals surface area contributed by atoms with E-state index in [1.54, 1.807) is 10.7 Å². The summed E-state index contributed by atoms with van der Waals surface area (Å²) in [4.78, 5) is 4.45. The van der Waals surface area contributed by atoms with E-state index in [2.05, 4.69) is 17.0 Å². The van der Waals surface area contributed by atoms with Gasteiger partial charge in [0.05, 0.1) is 17.4 Å². The zero-order chi connectivity index (χ0) is 10.2. The van der Waals surface area contributed by atoms with Crippen molar-refractivity contribution in [2.75, 3.05) is 0 Å². The van der Waals surface area contributed by atoms with Crippen LogP contribution < -0.4 is 5.73 Å². The van der Waals surface area contributed by atoms with E-state index in [0.717, 1.165) is 17.8 Å². The van der Waals surface area contributed by atoms with Gasteiger partial charge in [0.15, 0.2) is 5.65 Å². The molecule has 2 N–H and O–H groups in total. The van der Waals surface area contributed by atoms with Crippen molar-refractivity contribution < 1.29 is 0 Å². The lowest BCUT2D eigenvalue weighted by Crippen LogP contribution is -2.33. The van der Waals surface area contributed by atoms with Crippen LogP contribution in [-0.4, -0.2) is 14.6 Å². The molecular formula is C10H14N4. The fourth-order valence-corrected chi connectivity index (χ4v) is 1.31. The largest absolute Gasteiger partial charge is 0.320 e. The second-order valence-electron chi connectivity index (χ2n) is 3.72. The number of nitrogens with zero attached hydrogens (tertiary/aromatic N) is 3. The smallest absolute Gasteiger partial charge is 0.155 e. The molecule has 2 heterocycles. The normalized spacial score (nSPS) is 15.6. The van der Waals surface area contributed by atoms with E-state index in [1.807, 2.05) is 25.3 Å². The van der Waals surface area contributed by atoms with Crippen molar-refractivity contribution in [3.63, 3.8) is 0 Å². The highest BCUT2D eigenvalue weighted by molar-refractivity contribution is 5.37. The monoisotopic (exact) mass is 190 g/mol. The molecule has 0 bridgehead atoms. The van der Waals surface area contributed by atoms with Crippen LogP contribution >= 0.6 is 0 Å². The zero-order valence-electron chi connectivity index (χ0n) is 8.44. The van der Waals surface area contributed by atoms with Gasteiger partial charge in [0, 0.05) is 12.3 Å². The molecule has 2 aromatic heterocycles. The number of hydrogen-bond acceptors (Lipinski definition) is 3. The van der Waals surface area contributed by atoms with Gasteiger partial charge in [-0.2, -0.15) is 5.10 Å². The number of rotatable bonds is 2. The molecule has 0 radical (unpaired) electrons. The Morgan fingerprint density at radius 3 is 3.00 bits per heavy atom. The molecule has 2 rings (SSSR count). The second-order valence-corrected chi connectivity index (χ2v) is 3.72. The zero-order valence-corrected chi connectivity index (χ0v) is 8.44. The van der Waals surface area contributed by atoms with Crippen molar-refractivity contribution in [2.45, 2.75) is 25.8 Å². The number of nitrogens with two attached hydrogens (primary N) is 1. The predicted molar refractivity (Wildman–Crippen MR) is 54.8 cm³/mol. The fraction of sp³-hybridized carbons (Fsp3) is 0.400. The Kier molecular flexibility index (Phi) is 2.00. The Morgan fingerprint density at radius 1 is 1.50 bits per heavy atom. The molecule has 0 aromatic carbocycles. The number of hydrogen-bond donors (Lipinski definition) is 1. The SMILES string of the molecule is CCC(C)(N)c1ccn2nccc2n1. The summed E-state index contributed by atoms with van der Waals surface area (Å²) in [7, 11) is 0. The minimum Gasteiger partial charge on any atom is -0.320 e. The van der Waals surface area contributed by atoms with E-state index in [1.165, 1.54) is 0 Å². The summed E-state index contributed by atoms with van der Waals surface area (Å²) in [6, 6.07) is 3.79. The Morgan fingerprint density at radius 2 is 2.29 bits per heavy atom. The number of aromatic nitrogens is 3. The minimum atomic E-state index is -0.355. The van der Waals surface area contributed by atoms with Crippen LogP contribution in [0.3, 0.4) is 0 Å². The molecule has 0 aliphatic rings. The van der Waals surface area contributed by atoms with Gasteiger partial charge >= 0.3 is 0 Å². The molecule has 0 aliphatic heterocycles. The molecule has 0 saturated carbocycles. The highest BCUT2D eigenvalue weighted by Gasteiger charge is 2.20. The quantitative estimate of drug-likeness (QED) is 0.776. The molecular weight excluding hydrogens is 176 g/mol. The summed E-state index contributed by atoms with van der Waals surface area (Å²) in [5.41, 5.74) is 7.50. The maximum atomic E-state index is 6.10. The first-order valence-electron chi connectivity index (χ1n) is 4.73. The molecule has 0 spiro atoms. The lowest BCUT2D eigenvalue weighted by Gasteiger charge is -2.21. The first-order chi connectivity index (χ1) is 6.63. The van der Waals surface area contributed by atoms with Crippen LogP contribution in [0.1, 0.15) is 26.0 Å². The summed E-state index contributed by atoms with van der Waals surface area (Å²) in [6.07, 6.45) is 4.48. The van der Waals surface area contributed by atoms with Crippen LogP contribution in [0, 0.1) is 0 Å². The van der Waals surface area contributed by atoms with Crippen molar-refractivity contribution in [2.24, 2.45) is 5.73 Å². The number of fused-ring (bicyclic) bond motifs is 1. The van der Waals surface area contributed by atoms with Gasteiger partial charge in [0.2, 0.25) is 0 Å². The third kappa shape index (κ3) is 1.37. The molecule has 74 valence electrons. The maximum absolute atomic E-state index is 6.10. The van der Waals surface area contributed by atoms with Crippen LogP contribution in [0.15, 0.2) is 24.5 Å². The molecule has 2 aromatic rings. The van der Waals surface area contributed by atoms with Crippen molar-refractivity contribution in [3.05, 3.63) is 30.2 Å². The van der Waals surface area contributed by atoms with Crippen LogP contribution in [-0.2, 0) is 5.54 Å². The third-order valence-corrected chi connectivity index (χ3v) is 2.58. The predicted octanol–water partition coefficient (Wildman–Crippen LogP) is 1.31. The van der Waals surface area contributed by atoms with E-state index in [4.69, 9.17) is 5.73 Å². The first-order valence-corrected chi connectivity index (χ1v) is 4.73. The highest BCUT2D eigenvalue weighted by Crippen LogP contribution is 2.19. The van der Waals surface area contributed by atoms with Crippen molar-refractivity contribution in [1.82, 2.24) is 14.6 Å². The van der Waals surface area contributed by atoms with Gasteiger partial charge in [0.1, 0.15) is 0 Å². The summed E-state index contributed by atoms with van der Waals surface area (Å²) >= 11 is 0. The molecule has 14 heavy (non-hydrogen) atoms. The highest BCUT2D eigenvalue weighted by atomic mass is 15.2. The average molecular weight is 190 g/mol. The summed E-state index contributed by atoms with van der Waals surface area (Å²) in [6.45, 7) is 4.05. The van der Waals surface area contributed by atoms with Crippen LogP contribution in [0.25, 0.3) is 5.65 Å². The van der Waals surface area contributed by atoms with Gasteiger partial charge in [-0.05, 0) is 19.4 Å². The van der Waals surface area contributed by atoms with Crippen molar-refractivity contribution in [1.29, 1.82) is 0 Å². The Bertz CT molecular complexity index is 444. The summed E-state index contributed by atoms with van der Waals surface area (Å²) in [5.74, 6) is 0. The summed E-state index contributed by atoms with van der Waals surface area (Å²) < 4.78 is 1.73. The van der Waals surface area contributed by atoms with E-state index >= 15 is 0 Å². The Hall–Kier alpha value is -1.42. The van der Waals surface area contributed by atoms with E-state index in [9.17, 15) is 0 Å². The van der Waals surface area contributed by atoms with Crippen LogP contribution in [0.2, 0.25) is 0 Å². The first kappa shape index (κ1) is 9.15. The lowest BCUT2D eigenvalue weighted by molar-refractivity contribution is 0.461. The minimum absolute atomic E-state index is 0.355. The molecule has 4 heteroatoms. The fourth-order valence-electron chi connectivity index (χ4n) is 1.31. The van der Waals surface area contributed by atoms with Gasteiger partial charge in [-0.1, -0.05) is 6.92 Å². The molecule has 0 amide bonds. The Balaban J connectivity index is 2.53. The van der Waals surface area contributed by atoms with Gasteiger partial charge in [-0.25, -0.2) is 9.50 Å². The second kappa shape index (κ2) is 3.06. The van der Waals surface area contributed by atoms with Crippen molar-refractivity contribution >= 4 is 5.65 Å². The molecule has 4 nitrogen and oxygen atoms in total. The molecule has 0 aliphatic carbocycles. The maximum Gasteiger partial charge on any atom is 0.155 e. The van der Waals surface area contributed by atoms with Gasteiger partial charge < -0.3 is 5.73 Å². The van der Waals surface area contributed by atoms with E-state index in [0.29, 0.717) is 0 Å². The van der Waals surface area contributed by atoms with E-state index in [-0.39, 0.29) is 5.54 Å². The average Bonchev–Trinajstić information content (AvgIpc) is 2.64. The van der Waals surface area contributed by atoms with Gasteiger partial charge in [-0.15, -0.1) is 0 Å². The van der Waals surface area contributed by atoms with Gasteiger partial charge in [0.25, 0.3) is 0 Å². The van der Waals surface area contributed by atoms with Gasteiger partial charge in [-0.3, -0.25) is 0 Å². The molecule has 1 unspecified atom stereocenters. The molecule has 1 atom stereocenters.